The number of anilines is 1. The Morgan fingerprint density at radius 3 is 2.70 bits per heavy atom. The third-order valence-electron chi connectivity index (χ3n) is 3.12. The van der Waals surface area contributed by atoms with Gasteiger partial charge in [-0.05, 0) is 18.2 Å². The molecule has 0 bridgehead atoms. The summed E-state index contributed by atoms with van der Waals surface area (Å²) in [5, 5.41) is 6.97. The van der Waals surface area contributed by atoms with Gasteiger partial charge in [0.25, 0.3) is 0 Å². The van der Waals surface area contributed by atoms with Gasteiger partial charge in [0.2, 0.25) is 5.91 Å². The van der Waals surface area contributed by atoms with E-state index in [0.29, 0.717) is 23.2 Å². The standard InChI is InChI=1S/C16H17N5O2/c1-16(2,3)15(22)19-12-10-13(21-8-5-7-17-21)20-14(18-12)11-6-4-9-23-11/h4-10H,1-3H3,(H,18,19,20,22). The van der Waals surface area contributed by atoms with Crippen LogP contribution in [0.3, 0.4) is 0 Å². The molecule has 0 aliphatic rings. The molecule has 7 nitrogen and oxygen atoms in total. The first-order chi connectivity index (χ1) is 10.9. The second-order valence-corrected chi connectivity index (χ2v) is 6.07. The van der Waals surface area contributed by atoms with Crippen molar-refractivity contribution in [1.29, 1.82) is 0 Å². The molecule has 1 N–H and O–H groups in total. The van der Waals surface area contributed by atoms with Crippen LogP contribution in [0.5, 0.6) is 0 Å². The number of rotatable bonds is 3. The SMILES string of the molecule is CC(C)(C)C(=O)Nc1cc(-n2cccn2)nc(-c2ccco2)n1. The van der Waals surface area contributed by atoms with Crippen molar-refractivity contribution in [1.82, 2.24) is 19.7 Å². The van der Waals surface area contributed by atoms with Crippen LogP contribution in [-0.4, -0.2) is 25.7 Å². The minimum atomic E-state index is -0.526. The smallest absolute Gasteiger partial charge is 0.230 e. The summed E-state index contributed by atoms with van der Waals surface area (Å²) in [6.45, 7) is 5.52. The topological polar surface area (TPSA) is 85.8 Å². The Balaban J connectivity index is 2.03. The molecular formula is C16H17N5O2. The van der Waals surface area contributed by atoms with Gasteiger partial charge < -0.3 is 9.73 Å². The van der Waals surface area contributed by atoms with E-state index in [2.05, 4.69) is 20.4 Å². The lowest BCUT2D eigenvalue weighted by atomic mass is 9.96. The molecule has 3 aromatic heterocycles. The highest BCUT2D eigenvalue weighted by molar-refractivity contribution is 5.94. The Bertz CT molecular complexity index is 749. The molecule has 0 aliphatic carbocycles. The van der Waals surface area contributed by atoms with Crippen LogP contribution in [0.2, 0.25) is 0 Å². The molecule has 1 amide bonds. The van der Waals surface area contributed by atoms with Crippen LogP contribution >= 0.6 is 0 Å². The van der Waals surface area contributed by atoms with Gasteiger partial charge in [-0.3, -0.25) is 4.79 Å². The number of aromatic nitrogens is 4. The molecule has 23 heavy (non-hydrogen) atoms. The van der Waals surface area contributed by atoms with E-state index in [1.807, 2.05) is 20.8 Å². The predicted molar refractivity (Wildman–Crippen MR) is 84.9 cm³/mol. The van der Waals surface area contributed by atoms with E-state index in [1.165, 1.54) is 0 Å². The molecule has 3 aromatic rings. The zero-order valence-corrected chi connectivity index (χ0v) is 13.1. The first-order valence-electron chi connectivity index (χ1n) is 7.18. The molecule has 0 radical (unpaired) electrons. The third kappa shape index (κ3) is 3.28. The number of nitrogens with one attached hydrogen (secondary N) is 1. The molecule has 0 spiro atoms. The van der Waals surface area contributed by atoms with Crippen molar-refractivity contribution < 1.29 is 9.21 Å². The molecule has 0 saturated heterocycles. The summed E-state index contributed by atoms with van der Waals surface area (Å²) >= 11 is 0. The van der Waals surface area contributed by atoms with Crippen molar-refractivity contribution in [3.63, 3.8) is 0 Å². The lowest BCUT2D eigenvalue weighted by Gasteiger charge is -2.17. The van der Waals surface area contributed by atoms with Gasteiger partial charge >= 0.3 is 0 Å². The van der Waals surface area contributed by atoms with Crippen LogP contribution in [0, 0.1) is 5.41 Å². The number of amides is 1. The van der Waals surface area contributed by atoms with Crippen LogP contribution in [0.25, 0.3) is 17.4 Å². The molecular weight excluding hydrogens is 294 g/mol. The molecule has 0 unspecified atom stereocenters. The number of hydrogen-bond acceptors (Lipinski definition) is 5. The number of nitrogens with zero attached hydrogens (tertiary/aromatic N) is 4. The quantitative estimate of drug-likeness (QED) is 0.803. The maximum absolute atomic E-state index is 12.2. The highest BCUT2D eigenvalue weighted by Gasteiger charge is 2.22. The van der Waals surface area contributed by atoms with Crippen molar-refractivity contribution in [3.8, 4) is 17.4 Å². The average molecular weight is 311 g/mol. The predicted octanol–water partition coefficient (Wildman–Crippen LogP) is 2.91. The molecule has 0 aliphatic heterocycles. The zero-order chi connectivity index (χ0) is 16.4. The van der Waals surface area contributed by atoms with Crippen molar-refractivity contribution in [2.75, 3.05) is 5.32 Å². The van der Waals surface area contributed by atoms with E-state index >= 15 is 0 Å². The van der Waals surface area contributed by atoms with E-state index in [9.17, 15) is 4.79 Å². The van der Waals surface area contributed by atoms with Gasteiger partial charge in [-0.15, -0.1) is 0 Å². The molecule has 0 aromatic carbocycles. The fourth-order valence-electron chi connectivity index (χ4n) is 1.84. The second kappa shape index (κ2) is 5.68. The Labute approximate surface area is 133 Å². The monoisotopic (exact) mass is 311 g/mol. The van der Waals surface area contributed by atoms with Crippen LogP contribution in [-0.2, 0) is 4.79 Å². The Hall–Kier alpha value is -2.96. The minimum absolute atomic E-state index is 0.131. The van der Waals surface area contributed by atoms with Gasteiger partial charge in [-0.1, -0.05) is 20.8 Å². The van der Waals surface area contributed by atoms with Crippen molar-refractivity contribution >= 4 is 11.7 Å². The lowest BCUT2D eigenvalue weighted by Crippen LogP contribution is -2.28. The van der Waals surface area contributed by atoms with Gasteiger partial charge in [0.15, 0.2) is 17.4 Å². The summed E-state index contributed by atoms with van der Waals surface area (Å²) in [7, 11) is 0. The third-order valence-corrected chi connectivity index (χ3v) is 3.12. The van der Waals surface area contributed by atoms with Gasteiger partial charge in [-0.25, -0.2) is 14.6 Å². The molecule has 7 heteroatoms. The first-order valence-corrected chi connectivity index (χ1v) is 7.18. The summed E-state index contributed by atoms with van der Waals surface area (Å²) in [6, 6.07) is 6.98. The molecule has 0 fully saturated rings. The largest absolute Gasteiger partial charge is 0.461 e. The fourth-order valence-corrected chi connectivity index (χ4v) is 1.84. The van der Waals surface area contributed by atoms with E-state index in [1.54, 1.807) is 47.6 Å². The lowest BCUT2D eigenvalue weighted by molar-refractivity contribution is -0.123. The molecule has 3 rings (SSSR count). The van der Waals surface area contributed by atoms with E-state index < -0.39 is 5.41 Å². The highest BCUT2D eigenvalue weighted by atomic mass is 16.3. The highest BCUT2D eigenvalue weighted by Crippen LogP contribution is 2.22. The van der Waals surface area contributed by atoms with E-state index in [-0.39, 0.29) is 5.91 Å². The summed E-state index contributed by atoms with van der Waals surface area (Å²) in [5.41, 5.74) is -0.526. The summed E-state index contributed by atoms with van der Waals surface area (Å²) in [5.74, 6) is 1.71. The normalized spacial score (nSPS) is 11.4. The number of hydrogen-bond donors (Lipinski definition) is 1. The van der Waals surface area contributed by atoms with Crippen LogP contribution in [0.15, 0.2) is 47.3 Å². The summed E-state index contributed by atoms with van der Waals surface area (Å²) in [4.78, 5) is 21.0. The van der Waals surface area contributed by atoms with E-state index in [0.717, 1.165) is 0 Å². The number of furan rings is 1. The Morgan fingerprint density at radius 1 is 1.26 bits per heavy atom. The number of carbonyl (C=O) groups is 1. The molecule has 118 valence electrons. The van der Waals surface area contributed by atoms with Gasteiger partial charge in [0.05, 0.1) is 6.26 Å². The second-order valence-electron chi connectivity index (χ2n) is 6.07. The van der Waals surface area contributed by atoms with Crippen molar-refractivity contribution in [3.05, 3.63) is 42.9 Å². The Morgan fingerprint density at radius 2 is 2.09 bits per heavy atom. The maximum atomic E-state index is 12.2. The molecule has 0 saturated carbocycles. The van der Waals surface area contributed by atoms with Crippen molar-refractivity contribution in [2.24, 2.45) is 5.41 Å². The molecule has 3 heterocycles. The van der Waals surface area contributed by atoms with Crippen molar-refractivity contribution in [2.45, 2.75) is 20.8 Å². The van der Waals surface area contributed by atoms with Gasteiger partial charge in [0, 0.05) is 23.9 Å². The maximum Gasteiger partial charge on any atom is 0.230 e. The first kappa shape index (κ1) is 15.0. The van der Waals surface area contributed by atoms with Gasteiger partial charge in [-0.2, -0.15) is 5.10 Å². The average Bonchev–Trinajstić information content (AvgIpc) is 3.19. The summed E-state index contributed by atoms with van der Waals surface area (Å²) in [6.07, 6.45) is 4.97. The van der Waals surface area contributed by atoms with Gasteiger partial charge in [0.1, 0.15) is 5.82 Å². The fraction of sp³-hybridized carbons (Fsp3) is 0.250. The minimum Gasteiger partial charge on any atom is -0.461 e. The summed E-state index contributed by atoms with van der Waals surface area (Å²) < 4.78 is 6.95. The number of carbonyl (C=O) groups excluding carboxylic acids is 1. The van der Waals surface area contributed by atoms with Crippen LogP contribution in [0.1, 0.15) is 20.8 Å². The van der Waals surface area contributed by atoms with Crippen LogP contribution in [0.4, 0.5) is 5.82 Å². The van der Waals surface area contributed by atoms with Crippen LogP contribution < -0.4 is 5.32 Å². The zero-order valence-electron chi connectivity index (χ0n) is 13.1. The Kier molecular flexibility index (Phi) is 3.69. The van der Waals surface area contributed by atoms with E-state index in [4.69, 9.17) is 4.42 Å². The molecule has 0 atom stereocenters.